The first-order valence-electron chi connectivity index (χ1n) is 6.42. The molecule has 1 aromatic rings. The summed E-state index contributed by atoms with van der Waals surface area (Å²) in [6.07, 6.45) is 1.04. The van der Waals surface area contributed by atoms with Crippen LogP contribution in [-0.4, -0.2) is 12.0 Å². The molecule has 0 aliphatic heterocycles. The van der Waals surface area contributed by atoms with Crippen molar-refractivity contribution in [3.05, 3.63) is 34.9 Å². The average Bonchev–Trinajstić information content (AvgIpc) is 2.23. The zero-order valence-corrected chi connectivity index (χ0v) is 12.5. The fourth-order valence-corrected chi connectivity index (χ4v) is 2.14. The van der Waals surface area contributed by atoms with Crippen LogP contribution >= 0.6 is 11.6 Å². The molecular formula is C15H22ClNO2. The molecular weight excluding hydrogens is 262 g/mol. The number of nitrogens with two attached hydrogens (primary N) is 1. The minimum absolute atomic E-state index is 0.118. The lowest BCUT2D eigenvalue weighted by molar-refractivity contribution is -0.145. The van der Waals surface area contributed by atoms with Gasteiger partial charge in [-0.2, -0.15) is 0 Å². The summed E-state index contributed by atoms with van der Waals surface area (Å²) in [4.78, 5) is 11.7. The van der Waals surface area contributed by atoms with E-state index in [2.05, 4.69) is 20.8 Å². The number of carbonyl (C=O) groups excluding carboxylic acids is 1. The van der Waals surface area contributed by atoms with Gasteiger partial charge in [0.25, 0.3) is 0 Å². The third-order valence-corrected chi connectivity index (χ3v) is 2.83. The molecule has 0 saturated carbocycles. The highest BCUT2D eigenvalue weighted by molar-refractivity contribution is 6.30. The van der Waals surface area contributed by atoms with Crippen LogP contribution in [0.25, 0.3) is 0 Å². The van der Waals surface area contributed by atoms with Gasteiger partial charge in [0.05, 0.1) is 6.42 Å². The van der Waals surface area contributed by atoms with E-state index < -0.39 is 0 Å². The first-order chi connectivity index (χ1) is 8.76. The second-order valence-electron chi connectivity index (χ2n) is 6.02. The van der Waals surface area contributed by atoms with Crippen LogP contribution < -0.4 is 5.73 Å². The maximum atomic E-state index is 11.7. The van der Waals surface area contributed by atoms with Crippen LogP contribution in [-0.2, 0) is 16.1 Å². The summed E-state index contributed by atoms with van der Waals surface area (Å²) >= 11 is 5.86. The number of carbonyl (C=O) groups is 1. The Morgan fingerprint density at radius 3 is 2.68 bits per heavy atom. The van der Waals surface area contributed by atoms with Crippen LogP contribution in [0.4, 0.5) is 0 Å². The lowest BCUT2D eigenvalue weighted by Gasteiger charge is -2.22. The maximum Gasteiger partial charge on any atom is 0.307 e. The van der Waals surface area contributed by atoms with Gasteiger partial charge >= 0.3 is 5.97 Å². The lowest BCUT2D eigenvalue weighted by Crippen LogP contribution is -2.29. The number of hydrogen-bond acceptors (Lipinski definition) is 3. The maximum absolute atomic E-state index is 11.7. The van der Waals surface area contributed by atoms with E-state index in [-0.39, 0.29) is 30.5 Å². The van der Waals surface area contributed by atoms with Crippen molar-refractivity contribution in [1.29, 1.82) is 0 Å². The Morgan fingerprint density at radius 1 is 1.42 bits per heavy atom. The van der Waals surface area contributed by atoms with Gasteiger partial charge in [-0.25, -0.2) is 0 Å². The first-order valence-corrected chi connectivity index (χ1v) is 6.80. The first kappa shape index (κ1) is 16.0. The van der Waals surface area contributed by atoms with Crippen molar-refractivity contribution in [3.63, 3.8) is 0 Å². The number of esters is 1. The SMILES string of the molecule is CC(C)(C)CC(N)CC(=O)OCc1cccc(Cl)c1. The molecule has 0 saturated heterocycles. The topological polar surface area (TPSA) is 52.3 Å². The van der Waals surface area contributed by atoms with Gasteiger partial charge in [-0.15, -0.1) is 0 Å². The third-order valence-electron chi connectivity index (χ3n) is 2.59. The molecule has 19 heavy (non-hydrogen) atoms. The molecule has 3 nitrogen and oxygen atoms in total. The number of halogens is 1. The Balaban J connectivity index is 2.36. The van der Waals surface area contributed by atoms with Gasteiger partial charge in [0.2, 0.25) is 0 Å². The molecule has 1 atom stereocenters. The van der Waals surface area contributed by atoms with Gasteiger partial charge in [0, 0.05) is 11.1 Å². The van der Waals surface area contributed by atoms with E-state index in [0.29, 0.717) is 5.02 Å². The second kappa shape index (κ2) is 6.92. The highest BCUT2D eigenvalue weighted by Gasteiger charge is 2.18. The summed E-state index contributed by atoms with van der Waals surface area (Å²) in [6.45, 7) is 6.54. The number of benzene rings is 1. The summed E-state index contributed by atoms with van der Waals surface area (Å²) in [7, 11) is 0. The van der Waals surface area contributed by atoms with Crippen molar-refractivity contribution < 1.29 is 9.53 Å². The molecule has 0 amide bonds. The molecule has 0 aliphatic carbocycles. The Hall–Kier alpha value is -1.06. The fraction of sp³-hybridized carbons (Fsp3) is 0.533. The minimum Gasteiger partial charge on any atom is -0.461 e. The molecule has 4 heteroatoms. The monoisotopic (exact) mass is 283 g/mol. The molecule has 2 N–H and O–H groups in total. The van der Waals surface area contributed by atoms with E-state index in [1.807, 2.05) is 12.1 Å². The standard InChI is InChI=1S/C15H22ClNO2/c1-15(2,3)9-13(17)8-14(18)19-10-11-5-4-6-12(16)7-11/h4-7,13H,8-10,17H2,1-3H3. The molecule has 0 spiro atoms. The van der Waals surface area contributed by atoms with Gasteiger partial charge in [-0.1, -0.05) is 44.5 Å². The van der Waals surface area contributed by atoms with Gasteiger partial charge in [-0.3, -0.25) is 4.79 Å². The zero-order valence-electron chi connectivity index (χ0n) is 11.8. The molecule has 0 heterocycles. The second-order valence-corrected chi connectivity index (χ2v) is 6.46. The molecule has 0 bridgehead atoms. The van der Waals surface area contributed by atoms with Gasteiger partial charge in [0.15, 0.2) is 0 Å². The molecule has 0 fully saturated rings. The zero-order chi connectivity index (χ0) is 14.5. The quantitative estimate of drug-likeness (QED) is 0.841. The normalized spacial score (nSPS) is 13.1. The van der Waals surface area contributed by atoms with Crippen molar-refractivity contribution in [2.24, 2.45) is 11.1 Å². The highest BCUT2D eigenvalue weighted by Crippen LogP contribution is 2.21. The Kier molecular flexibility index (Phi) is 5.83. The lowest BCUT2D eigenvalue weighted by atomic mass is 9.87. The van der Waals surface area contributed by atoms with Gasteiger partial charge in [0.1, 0.15) is 6.61 Å². The van der Waals surface area contributed by atoms with E-state index >= 15 is 0 Å². The molecule has 1 unspecified atom stereocenters. The molecule has 0 aliphatic rings. The molecule has 1 aromatic carbocycles. The van der Waals surface area contributed by atoms with Crippen LogP contribution in [0.15, 0.2) is 24.3 Å². The summed E-state index contributed by atoms with van der Waals surface area (Å²) in [5.41, 5.74) is 6.93. The molecule has 0 aromatic heterocycles. The number of rotatable bonds is 5. The van der Waals surface area contributed by atoms with Gasteiger partial charge in [-0.05, 0) is 29.5 Å². The van der Waals surface area contributed by atoms with Crippen LogP contribution in [0.3, 0.4) is 0 Å². The van der Waals surface area contributed by atoms with E-state index in [1.165, 1.54) is 0 Å². The van der Waals surface area contributed by atoms with E-state index in [4.69, 9.17) is 22.1 Å². The van der Waals surface area contributed by atoms with Crippen molar-refractivity contribution in [2.75, 3.05) is 0 Å². The van der Waals surface area contributed by atoms with Crippen LogP contribution in [0.5, 0.6) is 0 Å². The summed E-state index contributed by atoms with van der Waals surface area (Å²) in [5.74, 6) is -0.267. The summed E-state index contributed by atoms with van der Waals surface area (Å²) in [6, 6.07) is 7.10. The van der Waals surface area contributed by atoms with Crippen LogP contribution in [0.2, 0.25) is 5.02 Å². The largest absolute Gasteiger partial charge is 0.461 e. The van der Waals surface area contributed by atoms with E-state index in [0.717, 1.165) is 12.0 Å². The number of hydrogen-bond donors (Lipinski definition) is 1. The third kappa shape index (κ3) is 7.19. The Labute approximate surface area is 120 Å². The van der Waals surface area contributed by atoms with E-state index in [1.54, 1.807) is 12.1 Å². The van der Waals surface area contributed by atoms with Crippen LogP contribution in [0.1, 0.15) is 39.2 Å². The van der Waals surface area contributed by atoms with Crippen molar-refractivity contribution in [3.8, 4) is 0 Å². The predicted molar refractivity (Wildman–Crippen MR) is 77.9 cm³/mol. The molecule has 0 radical (unpaired) electrons. The predicted octanol–water partition coefficient (Wildman–Crippen LogP) is 3.54. The average molecular weight is 284 g/mol. The van der Waals surface area contributed by atoms with Crippen LogP contribution in [0, 0.1) is 5.41 Å². The fourth-order valence-electron chi connectivity index (χ4n) is 1.92. The van der Waals surface area contributed by atoms with E-state index in [9.17, 15) is 4.79 Å². The Morgan fingerprint density at radius 2 is 2.11 bits per heavy atom. The summed E-state index contributed by atoms with van der Waals surface area (Å²) in [5, 5.41) is 0.637. The minimum atomic E-state index is -0.267. The molecule has 1 rings (SSSR count). The molecule has 106 valence electrons. The van der Waals surface area contributed by atoms with Crippen molar-refractivity contribution in [1.82, 2.24) is 0 Å². The van der Waals surface area contributed by atoms with Crippen molar-refractivity contribution >= 4 is 17.6 Å². The smallest absolute Gasteiger partial charge is 0.307 e. The van der Waals surface area contributed by atoms with Gasteiger partial charge < -0.3 is 10.5 Å². The highest BCUT2D eigenvalue weighted by atomic mass is 35.5. The Bertz CT molecular complexity index is 426. The number of ether oxygens (including phenoxy) is 1. The van der Waals surface area contributed by atoms with Crippen molar-refractivity contribution in [2.45, 2.75) is 46.3 Å². The summed E-state index contributed by atoms with van der Waals surface area (Å²) < 4.78 is 5.19.